The Morgan fingerprint density at radius 1 is 1.09 bits per heavy atom. The molecule has 1 aromatic heterocycles. The van der Waals surface area contributed by atoms with Gasteiger partial charge in [-0.3, -0.25) is 4.79 Å². The van der Waals surface area contributed by atoms with Crippen LogP contribution < -0.4 is 10.2 Å². The summed E-state index contributed by atoms with van der Waals surface area (Å²) in [5.41, 5.74) is 2.30. The van der Waals surface area contributed by atoms with Crippen molar-refractivity contribution >= 4 is 27.2 Å². The van der Waals surface area contributed by atoms with Gasteiger partial charge in [-0.25, -0.2) is 13.4 Å². The standard InChI is InChI=1S/C25H31N3O3S/c1-18-8-9-19(17-22(18)32(30,31)20-5-2-3-6-20)27-24(29)21-7-4-14-26-23(21)28-15-12-25(10-11-25)13-16-28/h4,7-9,14,17,20H,2-3,5-6,10-13,15-16H2,1H3,(H,27,29). The summed E-state index contributed by atoms with van der Waals surface area (Å²) in [6.45, 7) is 3.66. The maximum atomic E-state index is 13.2. The van der Waals surface area contributed by atoms with Crippen LogP contribution in [0.4, 0.5) is 11.5 Å². The van der Waals surface area contributed by atoms with Crippen LogP contribution in [0.15, 0.2) is 41.4 Å². The first-order valence-electron chi connectivity index (χ1n) is 11.7. The van der Waals surface area contributed by atoms with E-state index >= 15 is 0 Å². The van der Waals surface area contributed by atoms with Crippen molar-refractivity contribution < 1.29 is 13.2 Å². The van der Waals surface area contributed by atoms with E-state index in [0.717, 1.165) is 44.3 Å². The van der Waals surface area contributed by atoms with E-state index < -0.39 is 9.84 Å². The number of carbonyl (C=O) groups excluding carboxylic acids is 1. The Kier molecular flexibility index (Phi) is 5.48. The summed E-state index contributed by atoms with van der Waals surface area (Å²) in [6.07, 6.45) is 10.1. The number of benzene rings is 1. The highest BCUT2D eigenvalue weighted by molar-refractivity contribution is 7.92. The van der Waals surface area contributed by atoms with Gasteiger partial charge in [0.05, 0.1) is 15.7 Å². The maximum absolute atomic E-state index is 13.2. The maximum Gasteiger partial charge on any atom is 0.259 e. The summed E-state index contributed by atoms with van der Waals surface area (Å²) < 4.78 is 26.3. The molecule has 1 spiro atoms. The molecule has 2 saturated carbocycles. The van der Waals surface area contributed by atoms with Crippen molar-refractivity contribution in [1.82, 2.24) is 4.98 Å². The monoisotopic (exact) mass is 453 g/mol. The van der Waals surface area contributed by atoms with Crippen molar-refractivity contribution in [2.75, 3.05) is 23.3 Å². The number of aryl methyl sites for hydroxylation is 1. The second kappa shape index (κ2) is 8.18. The van der Waals surface area contributed by atoms with Gasteiger partial charge in [-0.05, 0) is 80.7 Å². The van der Waals surface area contributed by atoms with Crippen molar-refractivity contribution in [2.24, 2.45) is 5.41 Å². The Bertz CT molecular complexity index is 1120. The first kappa shape index (κ1) is 21.4. The quantitative estimate of drug-likeness (QED) is 0.707. The minimum atomic E-state index is -3.39. The minimum absolute atomic E-state index is 0.257. The zero-order chi connectivity index (χ0) is 22.3. The number of nitrogens with one attached hydrogen (secondary N) is 1. The Balaban J connectivity index is 1.37. The van der Waals surface area contributed by atoms with Gasteiger partial charge in [0.2, 0.25) is 0 Å². The van der Waals surface area contributed by atoms with Crippen LogP contribution in [0.25, 0.3) is 0 Å². The molecule has 1 amide bonds. The highest BCUT2D eigenvalue weighted by atomic mass is 32.2. The van der Waals surface area contributed by atoms with Gasteiger partial charge in [0, 0.05) is 25.0 Å². The normalized spacial score (nSPS) is 20.5. The number of anilines is 2. The molecule has 2 aromatic rings. The van der Waals surface area contributed by atoms with Crippen molar-refractivity contribution in [1.29, 1.82) is 0 Å². The van der Waals surface area contributed by atoms with Crippen molar-refractivity contribution in [3.8, 4) is 0 Å². The van der Waals surface area contributed by atoms with Crippen molar-refractivity contribution in [2.45, 2.75) is 68.4 Å². The van der Waals surface area contributed by atoms with E-state index in [2.05, 4.69) is 15.2 Å². The number of carbonyl (C=O) groups is 1. The molecular weight excluding hydrogens is 422 g/mol. The summed E-state index contributed by atoms with van der Waals surface area (Å²) in [5, 5.41) is 2.61. The van der Waals surface area contributed by atoms with E-state index in [1.165, 1.54) is 12.8 Å². The molecule has 2 heterocycles. The molecule has 0 atom stereocenters. The van der Waals surface area contributed by atoms with E-state index in [0.29, 0.717) is 40.2 Å². The van der Waals surface area contributed by atoms with Gasteiger partial charge in [0.25, 0.3) is 5.91 Å². The summed E-state index contributed by atoms with van der Waals surface area (Å²) >= 11 is 0. The number of amides is 1. The second-order valence-electron chi connectivity index (χ2n) is 9.75. The smallest absolute Gasteiger partial charge is 0.259 e. The van der Waals surface area contributed by atoms with Crippen LogP contribution in [0.5, 0.6) is 0 Å². The first-order chi connectivity index (χ1) is 15.4. The largest absolute Gasteiger partial charge is 0.356 e. The van der Waals surface area contributed by atoms with Gasteiger partial charge in [0.1, 0.15) is 5.82 Å². The number of nitrogens with zero attached hydrogens (tertiary/aromatic N) is 2. The second-order valence-corrected chi connectivity index (χ2v) is 11.9. The third kappa shape index (κ3) is 4.03. The summed E-state index contributed by atoms with van der Waals surface area (Å²) in [6, 6.07) is 8.74. The van der Waals surface area contributed by atoms with Crippen LogP contribution in [-0.4, -0.2) is 37.6 Å². The molecule has 6 nitrogen and oxygen atoms in total. The van der Waals surface area contributed by atoms with E-state index in [9.17, 15) is 13.2 Å². The van der Waals surface area contributed by atoms with E-state index in [1.54, 1.807) is 36.5 Å². The van der Waals surface area contributed by atoms with Gasteiger partial charge >= 0.3 is 0 Å². The average Bonchev–Trinajstić information content (AvgIpc) is 3.31. The van der Waals surface area contributed by atoms with E-state index in [1.807, 2.05) is 6.92 Å². The number of rotatable bonds is 5. The number of aromatic nitrogens is 1. The molecule has 32 heavy (non-hydrogen) atoms. The van der Waals surface area contributed by atoms with Crippen LogP contribution in [0.1, 0.15) is 67.3 Å². The predicted octanol–water partition coefficient (Wildman–Crippen LogP) is 4.74. The summed E-state index contributed by atoms with van der Waals surface area (Å²) in [7, 11) is -3.39. The van der Waals surface area contributed by atoms with Crippen molar-refractivity contribution in [3.63, 3.8) is 0 Å². The Morgan fingerprint density at radius 2 is 1.81 bits per heavy atom. The fourth-order valence-corrected chi connectivity index (χ4v) is 7.38. The lowest BCUT2D eigenvalue weighted by Gasteiger charge is -2.33. The third-order valence-corrected chi connectivity index (χ3v) is 10.0. The first-order valence-corrected chi connectivity index (χ1v) is 13.3. The zero-order valence-corrected chi connectivity index (χ0v) is 19.5. The van der Waals surface area contributed by atoms with Crippen molar-refractivity contribution in [3.05, 3.63) is 47.7 Å². The number of hydrogen-bond donors (Lipinski definition) is 1. The van der Waals surface area contributed by atoms with Crippen LogP contribution in [0.3, 0.4) is 0 Å². The number of piperidine rings is 1. The average molecular weight is 454 g/mol. The lowest BCUT2D eigenvalue weighted by Crippen LogP contribution is -2.36. The fraction of sp³-hybridized carbons (Fsp3) is 0.520. The fourth-order valence-electron chi connectivity index (χ4n) is 5.26. The lowest BCUT2D eigenvalue weighted by atomic mass is 9.93. The Hall–Kier alpha value is -2.41. The van der Waals surface area contributed by atoms with Gasteiger partial charge in [-0.2, -0.15) is 0 Å². The Labute approximate surface area is 190 Å². The molecule has 1 aromatic carbocycles. The molecule has 3 aliphatic rings. The van der Waals surface area contributed by atoms with Gasteiger partial charge < -0.3 is 10.2 Å². The van der Waals surface area contributed by atoms with Crippen LogP contribution in [0.2, 0.25) is 0 Å². The molecule has 5 rings (SSSR count). The van der Waals surface area contributed by atoms with E-state index in [-0.39, 0.29) is 11.2 Å². The minimum Gasteiger partial charge on any atom is -0.356 e. The molecule has 3 fully saturated rings. The number of hydrogen-bond acceptors (Lipinski definition) is 5. The molecule has 0 radical (unpaired) electrons. The van der Waals surface area contributed by atoms with Crippen LogP contribution in [0, 0.1) is 12.3 Å². The molecule has 0 bridgehead atoms. The lowest BCUT2D eigenvalue weighted by molar-refractivity contribution is 0.102. The number of sulfone groups is 1. The molecule has 1 saturated heterocycles. The van der Waals surface area contributed by atoms with Crippen LogP contribution in [-0.2, 0) is 9.84 Å². The third-order valence-electron chi connectivity index (χ3n) is 7.61. The highest BCUT2D eigenvalue weighted by Crippen LogP contribution is 2.53. The molecule has 7 heteroatoms. The number of pyridine rings is 1. The van der Waals surface area contributed by atoms with Gasteiger partial charge in [-0.15, -0.1) is 0 Å². The molecule has 2 aliphatic carbocycles. The summed E-state index contributed by atoms with van der Waals surface area (Å²) in [4.78, 5) is 20.3. The SMILES string of the molecule is Cc1ccc(NC(=O)c2cccnc2N2CCC3(CC2)CC3)cc1S(=O)(=O)C1CCCC1. The molecular formula is C25H31N3O3S. The van der Waals surface area contributed by atoms with E-state index in [4.69, 9.17) is 0 Å². The Morgan fingerprint density at radius 3 is 2.50 bits per heavy atom. The van der Waals surface area contributed by atoms with Gasteiger partial charge in [0.15, 0.2) is 9.84 Å². The molecule has 1 N–H and O–H groups in total. The summed E-state index contributed by atoms with van der Waals surface area (Å²) in [5.74, 6) is 0.458. The zero-order valence-electron chi connectivity index (χ0n) is 18.6. The predicted molar refractivity (Wildman–Crippen MR) is 126 cm³/mol. The highest BCUT2D eigenvalue weighted by Gasteiger charge is 2.44. The molecule has 170 valence electrons. The topological polar surface area (TPSA) is 79.4 Å². The van der Waals surface area contributed by atoms with Crippen LogP contribution >= 0.6 is 0 Å². The molecule has 1 aliphatic heterocycles. The van der Waals surface area contributed by atoms with Gasteiger partial charge in [-0.1, -0.05) is 18.9 Å². The molecule has 0 unspecified atom stereocenters.